The fourth-order valence-corrected chi connectivity index (χ4v) is 6.68. The van der Waals surface area contributed by atoms with Crippen LogP contribution in [0.2, 0.25) is 0 Å². The molecule has 2 aliphatic rings. The number of nitrogens with one attached hydrogen (secondary N) is 1. The molecule has 33 heavy (non-hydrogen) atoms. The summed E-state index contributed by atoms with van der Waals surface area (Å²) in [5.41, 5.74) is 10.3. The lowest BCUT2D eigenvalue weighted by molar-refractivity contribution is 0.270. The number of hydrogen-bond donors (Lipinski definition) is 2. The Balaban J connectivity index is 1.38. The van der Waals surface area contributed by atoms with Gasteiger partial charge in [0, 0.05) is 11.6 Å². The lowest BCUT2D eigenvalue weighted by Gasteiger charge is -2.31. The zero-order valence-corrected chi connectivity index (χ0v) is 20.8. The predicted octanol–water partition coefficient (Wildman–Crippen LogP) is 6.74. The Labute approximate surface area is 201 Å². The Hall–Kier alpha value is -1.84. The molecule has 1 aliphatic carbocycles. The molecular weight excluding hydrogens is 404 g/mol. The molecule has 3 heteroatoms. The van der Waals surface area contributed by atoms with Crippen LogP contribution >= 0.6 is 0 Å². The van der Waals surface area contributed by atoms with Crippen LogP contribution in [0, 0.1) is 18.8 Å². The van der Waals surface area contributed by atoms with Crippen LogP contribution in [0.5, 0.6) is 5.75 Å². The fraction of sp³-hybridized carbons (Fsp3) is 0.600. The van der Waals surface area contributed by atoms with Gasteiger partial charge in [-0.3, -0.25) is 0 Å². The van der Waals surface area contributed by atoms with Crippen molar-refractivity contribution in [2.75, 3.05) is 13.7 Å². The third-order valence-electron chi connectivity index (χ3n) is 8.39. The van der Waals surface area contributed by atoms with Crippen LogP contribution in [-0.4, -0.2) is 19.2 Å². The molecule has 180 valence electrons. The number of unbranched alkanes of at least 4 members (excludes halogenated alkanes) is 1. The van der Waals surface area contributed by atoms with Crippen molar-refractivity contribution >= 4 is 0 Å². The highest BCUT2D eigenvalue weighted by molar-refractivity contribution is 5.37. The van der Waals surface area contributed by atoms with Crippen LogP contribution in [0.1, 0.15) is 86.9 Å². The Kier molecular flexibility index (Phi) is 8.49. The molecule has 1 aliphatic heterocycles. The lowest BCUT2D eigenvalue weighted by atomic mass is 9.81. The minimum atomic E-state index is 0.364. The first-order chi connectivity index (χ1) is 16.1. The molecule has 2 aromatic carbocycles. The summed E-state index contributed by atoms with van der Waals surface area (Å²) in [6, 6.07) is 18.2. The van der Waals surface area contributed by atoms with E-state index in [0.29, 0.717) is 17.5 Å². The molecule has 2 fully saturated rings. The summed E-state index contributed by atoms with van der Waals surface area (Å²) in [7, 11) is 1.80. The number of rotatable bonds is 12. The Bertz CT molecular complexity index is 867. The van der Waals surface area contributed by atoms with E-state index in [2.05, 4.69) is 60.8 Å². The summed E-state index contributed by atoms with van der Waals surface area (Å²) in [4.78, 5) is 0. The largest absolute Gasteiger partial charge is 0.496 e. The van der Waals surface area contributed by atoms with Crippen molar-refractivity contribution in [1.29, 1.82) is 0 Å². The maximum Gasteiger partial charge on any atom is 0.122 e. The second-order valence-electron chi connectivity index (χ2n) is 10.7. The van der Waals surface area contributed by atoms with Crippen LogP contribution in [0.25, 0.3) is 0 Å². The van der Waals surface area contributed by atoms with Gasteiger partial charge in [-0.05, 0) is 81.0 Å². The Morgan fingerprint density at radius 3 is 2.70 bits per heavy atom. The topological polar surface area (TPSA) is 47.3 Å². The van der Waals surface area contributed by atoms with Gasteiger partial charge >= 0.3 is 0 Å². The van der Waals surface area contributed by atoms with E-state index in [1.807, 2.05) is 0 Å². The van der Waals surface area contributed by atoms with Gasteiger partial charge < -0.3 is 15.8 Å². The van der Waals surface area contributed by atoms with Gasteiger partial charge in [0.1, 0.15) is 5.75 Å². The van der Waals surface area contributed by atoms with E-state index in [-0.39, 0.29) is 0 Å². The molecule has 0 radical (unpaired) electrons. The van der Waals surface area contributed by atoms with E-state index in [9.17, 15) is 0 Å². The number of fused-ring (bicyclic) bond motifs is 1. The lowest BCUT2D eigenvalue weighted by Crippen LogP contribution is -2.42. The molecule has 3 N–H and O–H groups in total. The first-order valence-electron chi connectivity index (χ1n) is 13.3. The van der Waals surface area contributed by atoms with Crippen LogP contribution in [-0.2, 0) is 6.42 Å². The highest BCUT2D eigenvalue weighted by Gasteiger charge is 2.49. The van der Waals surface area contributed by atoms with Gasteiger partial charge in [0.25, 0.3) is 0 Å². The zero-order chi connectivity index (χ0) is 23.1. The van der Waals surface area contributed by atoms with Crippen LogP contribution in [0.4, 0.5) is 0 Å². The van der Waals surface area contributed by atoms with Gasteiger partial charge in [-0.25, -0.2) is 0 Å². The molecule has 4 unspecified atom stereocenters. The molecule has 1 saturated heterocycles. The second kappa shape index (κ2) is 11.5. The molecule has 3 nitrogen and oxygen atoms in total. The molecule has 0 spiro atoms. The molecule has 4 atom stereocenters. The number of methoxy groups -OCH3 is 1. The standard InChI is InChI=1S/C30H44N2O/c1-23-15-16-29(33-2)26(20-23)21-24(10-6-7-19-31)11-8-17-30-18-9-14-27(30)22-28(32-30)25-12-4-3-5-13-25/h3-5,12-13,15-16,20,24,27-28,32H,6-11,14,17-19,21-22,31H2,1-2H3. The van der Waals surface area contributed by atoms with E-state index in [1.54, 1.807) is 7.11 Å². The molecule has 0 bridgehead atoms. The third kappa shape index (κ3) is 6.00. The van der Waals surface area contributed by atoms with Gasteiger partial charge in [0.15, 0.2) is 0 Å². The molecule has 1 heterocycles. The van der Waals surface area contributed by atoms with Gasteiger partial charge in [-0.1, -0.05) is 80.1 Å². The maximum absolute atomic E-state index is 5.81. The normalized spacial score (nSPS) is 25.2. The van der Waals surface area contributed by atoms with Gasteiger partial charge in [-0.15, -0.1) is 0 Å². The highest BCUT2D eigenvalue weighted by atomic mass is 16.5. The summed E-state index contributed by atoms with van der Waals surface area (Å²) < 4.78 is 5.69. The maximum atomic E-state index is 5.81. The van der Waals surface area contributed by atoms with E-state index in [1.165, 1.54) is 74.5 Å². The minimum Gasteiger partial charge on any atom is -0.496 e. The number of ether oxygens (including phenoxy) is 1. The van der Waals surface area contributed by atoms with Gasteiger partial charge in [0.2, 0.25) is 0 Å². The molecule has 4 rings (SSSR count). The first-order valence-corrected chi connectivity index (χ1v) is 13.3. The number of benzene rings is 2. The minimum absolute atomic E-state index is 0.364. The van der Waals surface area contributed by atoms with Crippen molar-refractivity contribution in [2.45, 2.75) is 89.1 Å². The number of nitrogens with two attached hydrogens (primary N) is 1. The van der Waals surface area contributed by atoms with Crippen LogP contribution < -0.4 is 15.8 Å². The smallest absolute Gasteiger partial charge is 0.122 e. The summed E-state index contributed by atoms with van der Waals surface area (Å²) in [6.07, 6.45) is 14.1. The second-order valence-corrected chi connectivity index (χ2v) is 10.7. The summed E-state index contributed by atoms with van der Waals surface area (Å²) in [6.45, 7) is 2.98. The van der Waals surface area contributed by atoms with Crippen LogP contribution in [0.3, 0.4) is 0 Å². The third-order valence-corrected chi connectivity index (χ3v) is 8.39. The van der Waals surface area contributed by atoms with Gasteiger partial charge in [0.05, 0.1) is 7.11 Å². The van der Waals surface area contributed by atoms with Crippen molar-refractivity contribution in [1.82, 2.24) is 5.32 Å². The summed E-state index contributed by atoms with van der Waals surface area (Å²) in [5, 5.41) is 4.15. The van der Waals surface area contributed by atoms with E-state index >= 15 is 0 Å². The Morgan fingerprint density at radius 1 is 1.09 bits per heavy atom. The quantitative estimate of drug-likeness (QED) is 0.354. The SMILES string of the molecule is COc1ccc(C)cc1CC(CCCCN)CCCC12CCCC1CC(c1ccccc1)N2. The van der Waals surface area contributed by atoms with Crippen molar-refractivity contribution in [2.24, 2.45) is 17.6 Å². The van der Waals surface area contributed by atoms with Gasteiger partial charge in [-0.2, -0.15) is 0 Å². The Morgan fingerprint density at radius 2 is 1.91 bits per heavy atom. The van der Waals surface area contributed by atoms with E-state index in [4.69, 9.17) is 10.5 Å². The van der Waals surface area contributed by atoms with Crippen molar-refractivity contribution in [3.05, 3.63) is 65.2 Å². The summed E-state index contributed by atoms with van der Waals surface area (Å²) in [5.74, 6) is 2.59. The molecule has 0 aromatic heterocycles. The van der Waals surface area contributed by atoms with E-state index in [0.717, 1.165) is 31.1 Å². The number of hydrogen-bond acceptors (Lipinski definition) is 3. The van der Waals surface area contributed by atoms with Crippen molar-refractivity contribution in [3.8, 4) is 5.75 Å². The first kappa shape index (κ1) is 24.3. The highest BCUT2D eigenvalue weighted by Crippen LogP contribution is 2.50. The molecule has 0 amide bonds. The van der Waals surface area contributed by atoms with E-state index < -0.39 is 0 Å². The fourth-order valence-electron chi connectivity index (χ4n) is 6.68. The average Bonchev–Trinajstić information content (AvgIpc) is 3.37. The molecule has 1 saturated carbocycles. The zero-order valence-electron chi connectivity index (χ0n) is 20.8. The molecular formula is C30H44N2O. The number of aryl methyl sites for hydroxylation is 1. The van der Waals surface area contributed by atoms with Crippen molar-refractivity contribution < 1.29 is 4.74 Å². The molecule has 2 aromatic rings. The average molecular weight is 449 g/mol. The monoisotopic (exact) mass is 448 g/mol. The van der Waals surface area contributed by atoms with Crippen LogP contribution in [0.15, 0.2) is 48.5 Å². The van der Waals surface area contributed by atoms with Crippen molar-refractivity contribution in [3.63, 3.8) is 0 Å². The predicted molar refractivity (Wildman–Crippen MR) is 139 cm³/mol. The summed E-state index contributed by atoms with van der Waals surface area (Å²) >= 11 is 0.